The minimum absolute atomic E-state index is 0.173. The van der Waals surface area contributed by atoms with E-state index in [0.29, 0.717) is 29.3 Å². The Hall–Kier alpha value is -1.89. The second-order valence-electron chi connectivity index (χ2n) is 9.56. The molecule has 1 aromatic heterocycles. The van der Waals surface area contributed by atoms with Gasteiger partial charge in [0.2, 0.25) is 5.91 Å². The number of carboxylic acid groups (broad SMARTS) is 1. The van der Waals surface area contributed by atoms with Crippen molar-refractivity contribution in [3.8, 4) is 0 Å². The summed E-state index contributed by atoms with van der Waals surface area (Å²) in [5.41, 5.74) is 1.64. The maximum Gasteiger partial charge on any atom is 0.341 e. The van der Waals surface area contributed by atoms with Crippen molar-refractivity contribution in [1.29, 1.82) is 0 Å². The minimum Gasteiger partial charge on any atom is -0.481 e. The highest BCUT2D eigenvalue weighted by Gasteiger charge is 2.38. The van der Waals surface area contributed by atoms with Crippen molar-refractivity contribution in [1.82, 2.24) is 0 Å². The number of rotatable bonds is 5. The number of carboxylic acids is 1. The van der Waals surface area contributed by atoms with Gasteiger partial charge in [0.05, 0.1) is 24.0 Å². The van der Waals surface area contributed by atoms with Crippen molar-refractivity contribution in [2.75, 3.05) is 11.9 Å². The Kier molecular flexibility index (Phi) is 6.90. The Balaban J connectivity index is 1.90. The van der Waals surface area contributed by atoms with Gasteiger partial charge in [-0.15, -0.1) is 11.3 Å². The van der Waals surface area contributed by atoms with E-state index >= 15 is 0 Å². The largest absolute Gasteiger partial charge is 0.481 e. The van der Waals surface area contributed by atoms with Crippen molar-refractivity contribution >= 4 is 34.2 Å². The molecule has 3 rings (SSSR count). The molecule has 0 aliphatic heterocycles. The molecule has 0 bridgehead atoms. The lowest BCUT2D eigenvalue weighted by Gasteiger charge is -2.33. The fourth-order valence-corrected chi connectivity index (χ4v) is 6.10. The lowest BCUT2D eigenvalue weighted by molar-refractivity contribution is -0.147. The number of esters is 1. The zero-order valence-electron chi connectivity index (χ0n) is 18.4. The van der Waals surface area contributed by atoms with Crippen LogP contribution in [-0.4, -0.2) is 29.6 Å². The number of hydrogen-bond donors (Lipinski definition) is 2. The Morgan fingerprint density at radius 2 is 1.80 bits per heavy atom. The molecular weight excluding hydrogens is 402 g/mol. The monoisotopic (exact) mass is 435 g/mol. The highest BCUT2D eigenvalue weighted by atomic mass is 32.1. The van der Waals surface area contributed by atoms with E-state index in [1.165, 1.54) is 11.3 Å². The molecule has 1 saturated carbocycles. The van der Waals surface area contributed by atoms with Gasteiger partial charge < -0.3 is 15.2 Å². The summed E-state index contributed by atoms with van der Waals surface area (Å²) in [5, 5.41) is 13.0. The van der Waals surface area contributed by atoms with E-state index < -0.39 is 23.8 Å². The van der Waals surface area contributed by atoms with Crippen molar-refractivity contribution < 1.29 is 24.2 Å². The molecular formula is C23H33NO5S. The molecule has 1 heterocycles. The van der Waals surface area contributed by atoms with Crippen LogP contribution in [0.15, 0.2) is 0 Å². The molecule has 1 aromatic rings. The Morgan fingerprint density at radius 3 is 2.40 bits per heavy atom. The fraction of sp³-hybridized carbons (Fsp3) is 0.696. The average Bonchev–Trinajstić information content (AvgIpc) is 3.04. The van der Waals surface area contributed by atoms with Gasteiger partial charge in [-0.25, -0.2) is 4.79 Å². The van der Waals surface area contributed by atoms with Gasteiger partial charge in [0.25, 0.3) is 0 Å². The molecule has 0 saturated heterocycles. The lowest BCUT2D eigenvalue weighted by Crippen LogP contribution is -2.36. The molecule has 1 fully saturated rings. The SMILES string of the molecule is CCOC(=O)c1c(NC(=O)[C@@H]2CCCC[C@H]2C(=O)O)sc2c1CC[C@H](C(C)(C)C)C2. The second kappa shape index (κ2) is 9.08. The van der Waals surface area contributed by atoms with Gasteiger partial charge in [0.1, 0.15) is 5.00 Å². The summed E-state index contributed by atoms with van der Waals surface area (Å²) in [6, 6.07) is 0. The van der Waals surface area contributed by atoms with E-state index in [1.54, 1.807) is 6.92 Å². The first-order valence-electron chi connectivity index (χ1n) is 11.0. The quantitative estimate of drug-likeness (QED) is 0.641. The van der Waals surface area contributed by atoms with E-state index in [9.17, 15) is 19.5 Å². The van der Waals surface area contributed by atoms with Gasteiger partial charge in [0.15, 0.2) is 0 Å². The molecule has 3 atom stereocenters. The van der Waals surface area contributed by atoms with Crippen molar-refractivity contribution in [3.63, 3.8) is 0 Å². The van der Waals surface area contributed by atoms with Crippen molar-refractivity contribution in [2.24, 2.45) is 23.2 Å². The number of hydrogen-bond acceptors (Lipinski definition) is 5. The summed E-state index contributed by atoms with van der Waals surface area (Å²) in [4.78, 5) is 38.5. The molecule has 6 nitrogen and oxygen atoms in total. The predicted molar refractivity (Wildman–Crippen MR) is 117 cm³/mol. The van der Waals surface area contributed by atoms with E-state index in [2.05, 4.69) is 26.1 Å². The molecule has 2 aliphatic rings. The smallest absolute Gasteiger partial charge is 0.341 e. The van der Waals surface area contributed by atoms with Crippen LogP contribution >= 0.6 is 11.3 Å². The molecule has 0 radical (unpaired) electrons. The van der Waals surface area contributed by atoms with Gasteiger partial charge in [-0.05, 0) is 55.9 Å². The van der Waals surface area contributed by atoms with Crippen LogP contribution in [0.2, 0.25) is 0 Å². The maximum absolute atomic E-state index is 13.0. The summed E-state index contributed by atoms with van der Waals surface area (Å²) >= 11 is 1.46. The Labute approximate surface area is 182 Å². The van der Waals surface area contributed by atoms with Crippen molar-refractivity contribution in [2.45, 2.75) is 72.6 Å². The Bertz CT molecular complexity index is 822. The molecule has 2 aliphatic carbocycles. The first-order valence-corrected chi connectivity index (χ1v) is 11.8. The summed E-state index contributed by atoms with van der Waals surface area (Å²) in [6.45, 7) is 8.75. The van der Waals surface area contributed by atoms with Crippen LogP contribution in [0.25, 0.3) is 0 Å². The molecule has 7 heteroatoms. The second-order valence-corrected chi connectivity index (χ2v) is 10.7. The number of carbonyl (C=O) groups excluding carboxylic acids is 2. The highest BCUT2D eigenvalue weighted by molar-refractivity contribution is 7.17. The van der Waals surface area contributed by atoms with E-state index in [4.69, 9.17) is 4.74 Å². The van der Waals surface area contributed by atoms with Crippen LogP contribution in [0.5, 0.6) is 0 Å². The number of amides is 1. The summed E-state index contributed by atoms with van der Waals surface area (Å²) in [7, 11) is 0. The zero-order chi connectivity index (χ0) is 22.1. The standard InChI is InChI=1S/C23H33NO5S/c1-5-29-22(28)18-16-11-10-13(23(2,3)4)12-17(16)30-20(18)24-19(25)14-8-6-7-9-15(14)21(26)27/h13-15H,5-12H2,1-4H3,(H,24,25)(H,26,27)/t13-,14+,15+/m0/s1. The summed E-state index contributed by atoms with van der Waals surface area (Å²) in [5.74, 6) is -2.33. The number of fused-ring (bicyclic) bond motifs is 1. The van der Waals surface area contributed by atoms with Crippen LogP contribution in [0.3, 0.4) is 0 Å². The predicted octanol–water partition coefficient (Wildman–Crippen LogP) is 4.91. The number of ether oxygens (including phenoxy) is 1. The molecule has 166 valence electrons. The lowest BCUT2D eigenvalue weighted by atomic mass is 9.72. The first-order chi connectivity index (χ1) is 14.1. The highest BCUT2D eigenvalue weighted by Crippen LogP contribution is 2.45. The zero-order valence-corrected chi connectivity index (χ0v) is 19.2. The molecule has 0 aromatic carbocycles. The molecule has 30 heavy (non-hydrogen) atoms. The number of anilines is 1. The third kappa shape index (κ3) is 4.71. The Morgan fingerprint density at radius 1 is 1.13 bits per heavy atom. The maximum atomic E-state index is 13.0. The van der Waals surface area contributed by atoms with Crippen LogP contribution in [0.1, 0.15) is 80.6 Å². The third-order valence-electron chi connectivity index (χ3n) is 6.63. The van der Waals surface area contributed by atoms with Crippen LogP contribution in [-0.2, 0) is 27.2 Å². The first kappa shape index (κ1) is 22.8. The van der Waals surface area contributed by atoms with Crippen LogP contribution in [0, 0.1) is 23.2 Å². The molecule has 0 spiro atoms. The van der Waals surface area contributed by atoms with E-state index in [-0.39, 0.29) is 17.9 Å². The van der Waals surface area contributed by atoms with Gasteiger partial charge in [0, 0.05) is 4.88 Å². The summed E-state index contributed by atoms with van der Waals surface area (Å²) < 4.78 is 5.30. The third-order valence-corrected chi connectivity index (χ3v) is 7.80. The fourth-order valence-electron chi connectivity index (χ4n) is 4.78. The minimum atomic E-state index is -0.918. The number of carbonyl (C=O) groups is 3. The topological polar surface area (TPSA) is 92.7 Å². The normalized spacial score (nSPS) is 24.1. The van der Waals surface area contributed by atoms with Gasteiger partial charge >= 0.3 is 11.9 Å². The van der Waals surface area contributed by atoms with E-state index in [1.807, 2.05) is 0 Å². The molecule has 0 unspecified atom stereocenters. The number of nitrogens with one attached hydrogen (secondary N) is 1. The van der Waals surface area contributed by atoms with E-state index in [0.717, 1.165) is 42.5 Å². The van der Waals surface area contributed by atoms with Gasteiger partial charge in [-0.3, -0.25) is 9.59 Å². The average molecular weight is 436 g/mol. The van der Waals surface area contributed by atoms with Gasteiger partial charge in [-0.2, -0.15) is 0 Å². The summed E-state index contributed by atoms with van der Waals surface area (Å²) in [6.07, 6.45) is 5.43. The van der Waals surface area contributed by atoms with Crippen LogP contribution < -0.4 is 5.32 Å². The van der Waals surface area contributed by atoms with Crippen LogP contribution in [0.4, 0.5) is 5.00 Å². The van der Waals surface area contributed by atoms with Crippen molar-refractivity contribution in [3.05, 3.63) is 16.0 Å². The number of aliphatic carboxylic acids is 1. The number of thiophene rings is 1. The van der Waals surface area contributed by atoms with Gasteiger partial charge in [-0.1, -0.05) is 33.6 Å². The molecule has 1 amide bonds. The molecule has 2 N–H and O–H groups in total.